The molecule has 4 bridgehead atoms. The van der Waals surface area contributed by atoms with Crippen LogP contribution in [0.15, 0.2) is 40.1 Å². The number of aromatic amines is 1. The molecule has 1 heterocycles. The van der Waals surface area contributed by atoms with Gasteiger partial charge in [-0.1, -0.05) is 12.1 Å². The van der Waals surface area contributed by atoms with E-state index in [1.165, 1.54) is 54.9 Å². The fraction of sp³-hybridized carbons (Fsp3) is 0.522. The molecular formula is C23H26IN3O3. The summed E-state index contributed by atoms with van der Waals surface area (Å²) in [6.07, 6.45) is 9.95. The molecule has 2 aromatic rings. The topological polar surface area (TPSA) is 84.0 Å². The summed E-state index contributed by atoms with van der Waals surface area (Å²) in [5.41, 5.74) is 1.69. The van der Waals surface area contributed by atoms with Crippen molar-refractivity contribution in [3.63, 3.8) is 0 Å². The molecule has 158 valence electrons. The molecule has 0 aliphatic heterocycles. The maximum absolute atomic E-state index is 12.4. The fourth-order valence-corrected chi connectivity index (χ4v) is 6.94. The number of aryl methyl sites for hydroxylation is 1. The zero-order valence-electron chi connectivity index (χ0n) is 16.8. The van der Waals surface area contributed by atoms with Gasteiger partial charge in [-0.15, -0.1) is 0 Å². The Kier molecular flexibility index (Phi) is 5.11. The molecule has 0 saturated heterocycles. The summed E-state index contributed by atoms with van der Waals surface area (Å²) < 4.78 is 1.78. The summed E-state index contributed by atoms with van der Waals surface area (Å²) in [5.74, 6) is 2.59. The largest absolute Gasteiger partial charge is 0.328 e. The summed E-state index contributed by atoms with van der Waals surface area (Å²) in [6, 6.07) is 8.44. The number of anilines is 1. The van der Waals surface area contributed by atoms with Gasteiger partial charge in [-0.3, -0.25) is 19.1 Å². The number of aromatic nitrogens is 2. The molecule has 7 heteroatoms. The Bertz CT molecular complexity index is 1050. The van der Waals surface area contributed by atoms with Crippen molar-refractivity contribution >= 4 is 34.2 Å². The van der Waals surface area contributed by atoms with Crippen LogP contribution in [0, 0.1) is 21.3 Å². The Morgan fingerprint density at radius 1 is 1.07 bits per heavy atom. The summed E-state index contributed by atoms with van der Waals surface area (Å²) >= 11 is 1.87. The monoisotopic (exact) mass is 519 g/mol. The van der Waals surface area contributed by atoms with E-state index in [9.17, 15) is 14.4 Å². The molecule has 30 heavy (non-hydrogen) atoms. The number of carbonyl (C=O) groups is 1. The zero-order chi connectivity index (χ0) is 20.9. The average molecular weight is 519 g/mol. The predicted molar refractivity (Wildman–Crippen MR) is 124 cm³/mol. The van der Waals surface area contributed by atoms with E-state index in [-0.39, 0.29) is 18.9 Å². The third kappa shape index (κ3) is 3.76. The molecule has 0 atom stereocenters. The van der Waals surface area contributed by atoms with Crippen molar-refractivity contribution in [2.45, 2.75) is 56.9 Å². The van der Waals surface area contributed by atoms with Crippen LogP contribution >= 0.6 is 22.6 Å². The van der Waals surface area contributed by atoms with Crippen molar-refractivity contribution in [1.29, 1.82) is 0 Å². The van der Waals surface area contributed by atoms with E-state index in [4.69, 9.17) is 0 Å². The Morgan fingerprint density at radius 3 is 2.27 bits per heavy atom. The molecule has 2 N–H and O–H groups in total. The fourth-order valence-electron chi connectivity index (χ4n) is 6.47. The van der Waals surface area contributed by atoms with E-state index in [1.807, 2.05) is 34.7 Å². The Hall–Kier alpha value is -1.90. The van der Waals surface area contributed by atoms with Gasteiger partial charge in [0.25, 0.3) is 5.56 Å². The first-order valence-corrected chi connectivity index (χ1v) is 11.9. The number of hydrogen-bond donors (Lipinski definition) is 2. The first kappa shape index (κ1) is 20.0. The molecular weight excluding hydrogens is 493 g/mol. The second-order valence-electron chi connectivity index (χ2n) is 9.50. The van der Waals surface area contributed by atoms with Crippen LogP contribution < -0.4 is 16.6 Å². The molecule has 1 amide bonds. The first-order valence-electron chi connectivity index (χ1n) is 10.8. The van der Waals surface area contributed by atoms with Crippen molar-refractivity contribution in [2.75, 3.05) is 5.32 Å². The molecule has 4 aliphatic rings. The van der Waals surface area contributed by atoms with Gasteiger partial charge in [-0.2, -0.15) is 0 Å². The van der Waals surface area contributed by atoms with E-state index in [1.54, 1.807) is 0 Å². The SMILES string of the molecule is O=C(CCn1cc(I)c(=O)[nH]c1=O)Nc1ccc(C23CC4CC(CC(C4)C2)C3)cc1. The van der Waals surface area contributed by atoms with Crippen molar-refractivity contribution in [1.82, 2.24) is 9.55 Å². The number of carbonyl (C=O) groups excluding carboxylic acids is 1. The number of amides is 1. The highest BCUT2D eigenvalue weighted by atomic mass is 127. The highest BCUT2D eigenvalue weighted by Gasteiger charge is 2.51. The molecule has 4 saturated carbocycles. The van der Waals surface area contributed by atoms with Gasteiger partial charge in [0.05, 0.1) is 3.57 Å². The molecule has 0 spiro atoms. The molecule has 1 aromatic heterocycles. The Labute approximate surface area is 188 Å². The van der Waals surface area contributed by atoms with Gasteiger partial charge in [0.2, 0.25) is 5.91 Å². The smallest absolute Gasteiger partial charge is 0.326 e. The molecule has 0 unspecified atom stereocenters. The number of rotatable bonds is 5. The second kappa shape index (κ2) is 7.66. The van der Waals surface area contributed by atoms with Crippen molar-refractivity contribution in [3.8, 4) is 0 Å². The minimum absolute atomic E-state index is 0.148. The number of nitrogens with zero attached hydrogens (tertiary/aromatic N) is 1. The quantitative estimate of drug-likeness (QED) is 0.592. The summed E-state index contributed by atoms with van der Waals surface area (Å²) in [4.78, 5) is 37.9. The van der Waals surface area contributed by atoms with Crippen molar-refractivity contribution in [3.05, 3.63) is 60.4 Å². The van der Waals surface area contributed by atoms with Gasteiger partial charge in [-0.05, 0) is 102 Å². The van der Waals surface area contributed by atoms with Crippen LogP contribution in [0.1, 0.15) is 50.5 Å². The standard InChI is InChI=1S/C23H26IN3O3/c24-19-13-27(22(30)26-21(19)29)6-5-20(28)25-18-3-1-17(2-4-18)23-10-14-7-15(11-23)9-16(8-14)12-23/h1-4,13-16H,5-12H2,(H,25,28)(H,26,29,30). The van der Waals surface area contributed by atoms with Crippen molar-refractivity contribution in [2.24, 2.45) is 17.8 Å². The third-order valence-corrected chi connectivity index (χ3v) is 8.13. The number of halogens is 1. The van der Waals surface area contributed by atoms with E-state index < -0.39 is 11.2 Å². The number of benzene rings is 1. The maximum Gasteiger partial charge on any atom is 0.328 e. The van der Waals surface area contributed by atoms with Crippen LogP contribution in [0.3, 0.4) is 0 Å². The number of nitrogens with one attached hydrogen (secondary N) is 2. The van der Waals surface area contributed by atoms with Crippen LogP contribution in [-0.4, -0.2) is 15.5 Å². The van der Waals surface area contributed by atoms with Crippen LogP contribution in [0.25, 0.3) is 0 Å². The maximum atomic E-state index is 12.4. The highest BCUT2D eigenvalue weighted by molar-refractivity contribution is 14.1. The molecule has 0 radical (unpaired) electrons. The van der Waals surface area contributed by atoms with E-state index in [0.717, 1.165) is 23.4 Å². The molecule has 4 fully saturated rings. The average Bonchev–Trinajstić information content (AvgIpc) is 2.69. The lowest BCUT2D eigenvalue weighted by Crippen LogP contribution is -2.48. The van der Waals surface area contributed by atoms with Crippen LogP contribution in [0.2, 0.25) is 0 Å². The molecule has 1 aromatic carbocycles. The van der Waals surface area contributed by atoms with E-state index in [2.05, 4.69) is 22.4 Å². The van der Waals surface area contributed by atoms with Crippen LogP contribution in [0.4, 0.5) is 5.69 Å². The minimum Gasteiger partial charge on any atom is -0.326 e. The lowest BCUT2D eigenvalue weighted by atomic mass is 9.48. The predicted octanol–water partition coefficient (Wildman–Crippen LogP) is 3.64. The Morgan fingerprint density at radius 2 is 1.67 bits per heavy atom. The lowest BCUT2D eigenvalue weighted by molar-refractivity contribution is -0.116. The van der Waals surface area contributed by atoms with Gasteiger partial charge >= 0.3 is 5.69 Å². The van der Waals surface area contributed by atoms with Gasteiger partial charge < -0.3 is 5.32 Å². The van der Waals surface area contributed by atoms with Gasteiger partial charge in [0.15, 0.2) is 0 Å². The van der Waals surface area contributed by atoms with E-state index in [0.29, 0.717) is 8.99 Å². The summed E-state index contributed by atoms with van der Waals surface area (Å²) in [6.45, 7) is 0.225. The zero-order valence-corrected chi connectivity index (χ0v) is 19.0. The van der Waals surface area contributed by atoms with Crippen LogP contribution in [0.5, 0.6) is 0 Å². The van der Waals surface area contributed by atoms with Gasteiger partial charge in [0.1, 0.15) is 0 Å². The van der Waals surface area contributed by atoms with Crippen LogP contribution in [-0.2, 0) is 16.8 Å². The lowest BCUT2D eigenvalue weighted by Gasteiger charge is -2.57. The molecule has 4 aliphatic carbocycles. The summed E-state index contributed by atoms with van der Waals surface area (Å²) in [5, 5.41) is 2.93. The summed E-state index contributed by atoms with van der Waals surface area (Å²) in [7, 11) is 0. The normalized spacial score (nSPS) is 29.2. The second-order valence-corrected chi connectivity index (χ2v) is 10.7. The van der Waals surface area contributed by atoms with Gasteiger partial charge in [0, 0.05) is 24.8 Å². The third-order valence-electron chi connectivity index (χ3n) is 7.37. The van der Waals surface area contributed by atoms with Gasteiger partial charge in [-0.25, -0.2) is 4.79 Å². The highest BCUT2D eigenvalue weighted by Crippen LogP contribution is 2.60. The molecule has 6 rings (SSSR count). The van der Waals surface area contributed by atoms with E-state index >= 15 is 0 Å². The molecule has 6 nitrogen and oxygen atoms in total. The Balaban J connectivity index is 1.22. The number of hydrogen-bond acceptors (Lipinski definition) is 3. The van der Waals surface area contributed by atoms with Crippen molar-refractivity contribution < 1.29 is 4.79 Å². The first-order chi connectivity index (χ1) is 14.4. The minimum atomic E-state index is -0.492. The number of H-pyrrole nitrogens is 1.